The molecule has 2 unspecified atom stereocenters. The van der Waals surface area contributed by atoms with Gasteiger partial charge in [0.1, 0.15) is 0 Å². The van der Waals surface area contributed by atoms with Crippen LogP contribution in [0.15, 0.2) is 0 Å². The van der Waals surface area contributed by atoms with Crippen molar-refractivity contribution in [2.45, 2.75) is 31.8 Å². The van der Waals surface area contributed by atoms with Crippen LogP contribution in [0.4, 0.5) is 0 Å². The molecule has 0 amide bonds. The third-order valence-electron chi connectivity index (χ3n) is 2.26. The van der Waals surface area contributed by atoms with Gasteiger partial charge in [0.05, 0.1) is 6.61 Å². The molecule has 0 aliphatic carbocycles. The minimum absolute atomic E-state index is 0.613. The highest BCUT2D eigenvalue weighted by atomic mass is 32.2. The predicted octanol–water partition coefficient (Wildman–Crippen LogP) is 1.51. The van der Waals surface area contributed by atoms with Crippen molar-refractivity contribution < 1.29 is 4.74 Å². The molecule has 1 aliphatic heterocycles. The van der Waals surface area contributed by atoms with E-state index in [-0.39, 0.29) is 0 Å². The molecule has 72 valence electrons. The standard InChI is InChI=1S/C9H19NOS/c1-3-8(7-12-2)10-9-4-5-11-6-9/h8-10H,3-7H2,1-2H3. The second-order valence-electron chi connectivity index (χ2n) is 3.29. The molecule has 0 spiro atoms. The van der Waals surface area contributed by atoms with Crippen LogP contribution in [0.25, 0.3) is 0 Å². The Morgan fingerprint density at radius 1 is 1.67 bits per heavy atom. The Morgan fingerprint density at radius 3 is 3.00 bits per heavy atom. The maximum Gasteiger partial charge on any atom is 0.0620 e. The minimum Gasteiger partial charge on any atom is -0.380 e. The van der Waals surface area contributed by atoms with Crippen LogP contribution < -0.4 is 5.32 Å². The van der Waals surface area contributed by atoms with Crippen LogP contribution in [0.3, 0.4) is 0 Å². The van der Waals surface area contributed by atoms with E-state index >= 15 is 0 Å². The van der Waals surface area contributed by atoms with E-state index in [1.165, 1.54) is 18.6 Å². The minimum atomic E-state index is 0.613. The summed E-state index contributed by atoms with van der Waals surface area (Å²) in [4.78, 5) is 0. The summed E-state index contributed by atoms with van der Waals surface area (Å²) in [5.74, 6) is 1.22. The molecule has 1 rings (SSSR count). The van der Waals surface area contributed by atoms with Crippen LogP contribution in [0.1, 0.15) is 19.8 Å². The summed E-state index contributed by atoms with van der Waals surface area (Å²) < 4.78 is 5.31. The molecule has 1 aliphatic rings. The first-order chi connectivity index (χ1) is 5.86. The van der Waals surface area contributed by atoms with Gasteiger partial charge in [-0.15, -0.1) is 0 Å². The summed E-state index contributed by atoms with van der Waals surface area (Å²) in [5, 5.41) is 3.62. The lowest BCUT2D eigenvalue weighted by Gasteiger charge is -2.19. The number of ether oxygens (including phenoxy) is 1. The highest BCUT2D eigenvalue weighted by molar-refractivity contribution is 7.98. The highest BCUT2D eigenvalue weighted by Gasteiger charge is 2.17. The normalized spacial score (nSPS) is 26.0. The zero-order valence-electron chi connectivity index (χ0n) is 8.01. The Morgan fingerprint density at radius 2 is 2.50 bits per heavy atom. The third kappa shape index (κ3) is 3.33. The topological polar surface area (TPSA) is 21.3 Å². The van der Waals surface area contributed by atoms with E-state index in [4.69, 9.17) is 4.74 Å². The fraction of sp³-hybridized carbons (Fsp3) is 1.00. The molecule has 2 nitrogen and oxygen atoms in total. The number of thioether (sulfide) groups is 1. The Labute approximate surface area is 79.4 Å². The largest absolute Gasteiger partial charge is 0.380 e. The van der Waals surface area contributed by atoms with E-state index in [1.807, 2.05) is 11.8 Å². The predicted molar refractivity (Wildman–Crippen MR) is 54.8 cm³/mol. The lowest BCUT2D eigenvalue weighted by Crippen LogP contribution is -2.39. The summed E-state index contributed by atoms with van der Waals surface area (Å²) in [7, 11) is 0. The molecule has 0 saturated carbocycles. The molecule has 12 heavy (non-hydrogen) atoms. The average Bonchev–Trinajstić information content (AvgIpc) is 2.56. The Hall–Kier alpha value is 0.270. The van der Waals surface area contributed by atoms with Crippen molar-refractivity contribution in [1.82, 2.24) is 5.32 Å². The number of rotatable bonds is 5. The van der Waals surface area contributed by atoms with Gasteiger partial charge in [0.15, 0.2) is 0 Å². The van der Waals surface area contributed by atoms with Gasteiger partial charge in [-0.2, -0.15) is 11.8 Å². The van der Waals surface area contributed by atoms with Gasteiger partial charge in [0, 0.05) is 24.4 Å². The van der Waals surface area contributed by atoms with E-state index in [0.29, 0.717) is 12.1 Å². The van der Waals surface area contributed by atoms with Crippen LogP contribution in [-0.2, 0) is 4.74 Å². The molecule has 0 aromatic rings. The fourth-order valence-corrected chi connectivity index (χ4v) is 2.22. The Bertz CT molecular complexity index is 115. The molecular weight excluding hydrogens is 170 g/mol. The Kier molecular flexibility index (Phi) is 5.04. The molecule has 1 fully saturated rings. The van der Waals surface area contributed by atoms with E-state index < -0.39 is 0 Å². The molecular formula is C9H19NOS. The van der Waals surface area contributed by atoms with Crippen LogP contribution in [0, 0.1) is 0 Å². The third-order valence-corrected chi connectivity index (χ3v) is 3.00. The van der Waals surface area contributed by atoms with Crippen LogP contribution >= 0.6 is 11.8 Å². The molecule has 0 aromatic heterocycles. The number of hydrogen-bond donors (Lipinski definition) is 1. The molecule has 0 bridgehead atoms. The molecule has 2 atom stereocenters. The lowest BCUT2D eigenvalue weighted by atomic mass is 10.2. The Balaban J connectivity index is 2.16. The van der Waals surface area contributed by atoms with E-state index in [1.54, 1.807) is 0 Å². The molecule has 1 N–H and O–H groups in total. The monoisotopic (exact) mass is 189 g/mol. The summed E-state index contributed by atoms with van der Waals surface area (Å²) in [5.41, 5.74) is 0. The van der Waals surface area contributed by atoms with Crippen molar-refractivity contribution in [3.63, 3.8) is 0 Å². The molecule has 1 heterocycles. The zero-order valence-corrected chi connectivity index (χ0v) is 8.82. The highest BCUT2D eigenvalue weighted by Crippen LogP contribution is 2.08. The van der Waals surface area contributed by atoms with Crippen molar-refractivity contribution in [3.05, 3.63) is 0 Å². The van der Waals surface area contributed by atoms with Crippen molar-refractivity contribution in [2.75, 3.05) is 25.2 Å². The maximum atomic E-state index is 5.31. The van der Waals surface area contributed by atoms with E-state index in [0.717, 1.165) is 13.2 Å². The average molecular weight is 189 g/mol. The van der Waals surface area contributed by atoms with Crippen LogP contribution in [-0.4, -0.2) is 37.3 Å². The molecule has 0 aromatic carbocycles. The van der Waals surface area contributed by atoms with Gasteiger partial charge < -0.3 is 10.1 Å². The number of hydrogen-bond acceptors (Lipinski definition) is 3. The van der Waals surface area contributed by atoms with Gasteiger partial charge in [-0.05, 0) is 19.1 Å². The van der Waals surface area contributed by atoms with Crippen molar-refractivity contribution in [3.8, 4) is 0 Å². The smallest absolute Gasteiger partial charge is 0.0620 e. The maximum absolute atomic E-state index is 5.31. The second kappa shape index (κ2) is 5.84. The van der Waals surface area contributed by atoms with Crippen molar-refractivity contribution in [2.24, 2.45) is 0 Å². The first-order valence-electron chi connectivity index (χ1n) is 4.69. The summed E-state index contributed by atoms with van der Waals surface area (Å²) in [6, 6.07) is 1.29. The van der Waals surface area contributed by atoms with Gasteiger partial charge in [-0.3, -0.25) is 0 Å². The zero-order chi connectivity index (χ0) is 8.81. The fourth-order valence-electron chi connectivity index (χ4n) is 1.48. The van der Waals surface area contributed by atoms with E-state index in [9.17, 15) is 0 Å². The first-order valence-corrected chi connectivity index (χ1v) is 6.09. The quantitative estimate of drug-likeness (QED) is 0.708. The van der Waals surface area contributed by atoms with Gasteiger partial charge in [-0.1, -0.05) is 6.92 Å². The summed E-state index contributed by atoms with van der Waals surface area (Å²) in [6.45, 7) is 4.09. The van der Waals surface area contributed by atoms with Crippen molar-refractivity contribution in [1.29, 1.82) is 0 Å². The van der Waals surface area contributed by atoms with Gasteiger partial charge in [0.25, 0.3) is 0 Å². The van der Waals surface area contributed by atoms with Crippen molar-refractivity contribution >= 4 is 11.8 Å². The van der Waals surface area contributed by atoms with Crippen LogP contribution in [0.2, 0.25) is 0 Å². The summed E-state index contributed by atoms with van der Waals surface area (Å²) in [6.07, 6.45) is 4.57. The number of nitrogens with one attached hydrogen (secondary N) is 1. The lowest BCUT2D eigenvalue weighted by molar-refractivity contribution is 0.188. The summed E-state index contributed by atoms with van der Waals surface area (Å²) >= 11 is 1.91. The van der Waals surface area contributed by atoms with Gasteiger partial charge >= 0.3 is 0 Å². The van der Waals surface area contributed by atoms with Gasteiger partial charge in [-0.25, -0.2) is 0 Å². The van der Waals surface area contributed by atoms with Gasteiger partial charge in [0.2, 0.25) is 0 Å². The second-order valence-corrected chi connectivity index (χ2v) is 4.20. The van der Waals surface area contributed by atoms with E-state index in [2.05, 4.69) is 18.5 Å². The molecule has 3 heteroatoms. The molecule has 0 radical (unpaired) electrons. The molecule has 1 saturated heterocycles. The SMILES string of the molecule is CCC(CSC)NC1CCOC1. The first kappa shape index (κ1) is 10.4. The van der Waals surface area contributed by atoms with Crippen LogP contribution in [0.5, 0.6) is 0 Å².